The van der Waals surface area contributed by atoms with Gasteiger partial charge in [-0.05, 0) is 142 Å². The average Bonchev–Trinajstić information content (AvgIpc) is 0.846. The Morgan fingerprint density at radius 1 is 0.562 bits per heavy atom. The van der Waals surface area contributed by atoms with Crippen LogP contribution in [0.1, 0.15) is 67.6 Å². The normalized spacial score (nSPS) is 15.8. The van der Waals surface area contributed by atoms with E-state index < -0.39 is 59.5 Å². The third-order valence-electron chi connectivity index (χ3n) is 14.8. The number of benzene rings is 6. The Hall–Kier alpha value is -10.1. The van der Waals surface area contributed by atoms with Crippen LogP contribution in [0.2, 0.25) is 0 Å². The number of carbonyl (C=O) groups is 3. The van der Waals surface area contributed by atoms with Gasteiger partial charge in [-0.2, -0.15) is 31.8 Å². The standard InChI is InChI=1S/C23H22F3N5O4S.C22H23N5O3S.C20H21N5O3S/c1-15-10-17(12-18(11-15)23(24,25)26)22-28-14-30(29-22)13-20(21(27)32)16-2-4-19(5-3-16)36(33,34)31-6-8-35-9-7-31;1-15-10-16(2)12-18(11-15)22-24-14-26(25-22)13-20(21(23)28)17-4-6-19(7-5-17)31(29,30)27-8-3-9-27;1-13-7-14(2)9-16(8-13)20-22-12-25(23-20)11-18(19(21)26)15-5-4-6-17(10-15)24-29(3,27)28/h2-5,10-13H,6-9,14H2,1H3,(H-,27,32);4-7,10-13H,3,8-9,14H2,1-2H3,(H-,23,28);4-12,24H,1-3H3,(H2,21,26)/p+2/b2*20-13+;18-11+. The summed E-state index contributed by atoms with van der Waals surface area (Å²) >= 11 is 0. The third kappa shape index (κ3) is 17.8. The van der Waals surface area contributed by atoms with Crippen LogP contribution in [0.3, 0.4) is 0 Å². The van der Waals surface area contributed by atoms with E-state index in [0.717, 1.165) is 58.2 Å². The summed E-state index contributed by atoms with van der Waals surface area (Å²) in [6.45, 7) is 12.0. The molecule has 31 heteroatoms. The minimum Gasteiger partial charge on any atom is -0.379 e. The molecule has 4 aliphatic rings. The molecule has 500 valence electrons. The molecular formula is C65H68F3N15O10S3+2. The molecule has 5 heterocycles. The number of anilines is 1. The second-order valence-corrected chi connectivity index (χ2v) is 28.3. The summed E-state index contributed by atoms with van der Waals surface area (Å²) < 4.78 is 128. The first-order valence-electron chi connectivity index (χ1n) is 29.5. The van der Waals surface area contributed by atoms with Gasteiger partial charge in [0.25, 0.3) is 31.1 Å². The van der Waals surface area contributed by atoms with E-state index in [4.69, 9.17) is 21.9 Å². The molecule has 11 rings (SSSR count). The highest BCUT2D eigenvalue weighted by molar-refractivity contribution is 7.92. The van der Waals surface area contributed by atoms with Gasteiger partial charge in [0.15, 0.2) is 5.82 Å². The molecule has 0 bridgehead atoms. The molecule has 1 aromatic heterocycles. The molecule has 3 amide bonds. The Morgan fingerprint density at radius 3 is 1.45 bits per heavy atom. The number of nitrogens with one attached hydrogen (secondary N) is 1. The number of azo groups is 4. The number of hydrogen-bond donors (Lipinski definition) is 4. The lowest BCUT2D eigenvalue weighted by molar-refractivity contribution is -0.512. The van der Waals surface area contributed by atoms with Crippen molar-refractivity contribution in [2.45, 2.75) is 57.0 Å². The second-order valence-electron chi connectivity index (χ2n) is 22.7. The number of amidine groups is 2. The first kappa shape index (κ1) is 70.3. The molecular weight excluding hydrogens is 1300 g/mol. The van der Waals surface area contributed by atoms with Crippen molar-refractivity contribution in [3.05, 3.63) is 207 Å². The van der Waals surface area contributed by atoms with E-state index >= 15 is 0 Å². The van der Waals surface area contributed by atoms with Crippen LogP contribution in [0.4, 0.5) is 18.9 Å². The lowest BCUT2D eigenvalue weighted by Crippen LogP contribution is -2.41. The first-order valence-corrected chi connectivity index (χ1v) is 34.3. The predicted octanol–water partition coefficient (Wildman–Crippen LogP) is 7.57. The van der Waals surface area contributed by atoms with Gasteiger partial charge in [0, 0.05) is 65.0 Å². The van der Waals surface area contributed by atoms with E-state index in [2.05, 4.69) is 47.2 Å². The Morgan fingerprint density at radius 2 is 1.01 bits per heavy atom. The monoisotopic (exact) mass is 1370 g/mol. The number of aromatic nitrogens is 3. The van der Waals surface area contributed by atoms with Gasteiger partial charge >= 0.3 is 6.18 Å². The van der Waals surface area contributed by atoms with E-state index in [0.29, 0.717) is 65.9 Å². The number of nitrogens with two attached hydrogens (primary N) is 3. The number of amides is 3. The number of rotatable bonds is 18. The first-order chi connectivity index (χ1) is 45.3. The number of nitrogens with zero attached hydrogens (tertiary/aromatic N) is 11. The number of ether oxygens (including phenoxy) is 1. The highest BCUT2D eigenvalue weighted by atomic mass is 32.2. The number of sulfonamides is 3. The largest absolute Gasteiger partial charge is 0.416 e. The summed E-state index contributed by atoms with van der Waals surface area (Å²) in [5.41, 5.74) is 24.8. The fourth-order valence-electron chi connectivity index (χ4n) is 10.3. The number of hydrogen-bond acceptors (Lipinski definition) is 16. The van der Waals surface area contributed by atoms with Crippen LogP contribution < -0.4 is 21.9 Å². The van der Waals surface area contributed by atoms with Crippen molar-refractivity contribution >= 4 is 88.1 Å². The molecule has 4 aliphatic heterocycles. The molecule has 7 N–H and O–H groups in total. The number of carbonyl (C=O) groups excluding carboxylic acids is 3. The van der Waals surface area contributed by atoms with Crippen molar-refractivity contribution in [3.63, 3.8) is 0 Å². The van der Waals surface area contributed by atoms with Gasteiger partial charge in [0.2, 0.25) is 54.1 Å². The summed E-state index contributed by atoms with van der Waals surface area (Å²) in [6.07, 6.45) is 3.22. The molecule has 0 unspecified atom stereocenters. The molecule has 25 nitrogen and oxygen atoms in total. The maximum absolute atomic E-state index is 13.2. The van der Waals surface area contributed by atoms with Crippen LogP contribution in [0.5, 0.6) is 0 Å². The van der Waals surface area contributed by atoms with E-state index in [1.54, 1.807) is 48.2 Å². The van der Waals surface area contributed by atoms with Gasteiger partial charge in [0.1, 0.15) is 17.5 Å². The van der Waals surface area contributed by atoms with Crippen molar-refractivity contribution in [2.24, 2.45) is 37.4 Å². The van der Waals surface area contributed by atoms with Crippen molar-refractivity contribution in [1.29, 1.82) is 0 Å². The fraction of sp³-hybridized carbons (Fsp3) is 0.246. The lowest BCUT2D eigenvalue weighted by atomic mass is 10.1. The van der Waals surface area contributed by atoms with E-state index in [-0.39, 0.29) is 64.3 Å². The maximum Gasteiger partial charge on any atom is 0.416 e. The maximum atomic E-state index is 13.2. The molecule has 7 aromatic rings. The Kier molecular flexibility index (Phi) is 21.4. The van der Waals surface area contributed by atoms with Crippen LogP contribution in [0.15, 0.2) is 176 Å². The predicted molar refractivity (Wildman–Crippen MR) is 354 cm³/mol. The fourth-order valence-corrected chi connectivity index (χ4v) is 13.8. The van der Waals surface area contributed by atoms with Gasteiger partial charge in [-0.3, -0.25) is 19.1 Å². The molecule has 0 saturated carbocycles. The molecule has 6 aromatic carbocycles. The molecule has 2 fully saturated rings. The minimum absolute atomic E-state index is 0.0331. The van der Waals surface area contributed by atoms with Crippen LogP contribution in [-0.4, -0.2) is 146 Å². The van der Waals surface area contributed by atoms with Gasteiger partial charge in [-0.15, -0.1) is 5.10 Å². The van der Waals surface area contributed by atoms with Gasteiger partial charge < -0.3 is 21.9 Å². The van der Waals surface area contributed by atoms with Crippen molar-refractivity contribution in [1.82, 2.24) is 23.4 Å². The minimum atomic E-state index is -4.51. The van der Waals surface area contributed by atoms with Gasteiger partial charge in [0.05, 0.1) is 40.4 Å². The van der Waals surface area contributed by atoms with Crippen LogP contribution in [0.25, 0.3) is 34.3 Å². The highest BCUT2D eigenvalue weighted by Crippen LogP contribution is 2.32. The Bertz CT molecular complexity index is 4750. The summed E-state index contributed by atoms with van der Waals surface area (Å²) in [4.78, 5) is 49.5. The summed E-state index contributed by atoms with van der Waals surface area (Å²) in [5.74, 6) is -0.917. The van der Waals surface area contributed by atoms with Crippen molar-refractivity contribution < 1.29 is 66.9 Å². The van der Waals surface area contributed by atoms with Crippen LogP contribution in [-0.2, 0) is 55.4 Å². The van der Waals surface area contributed by atoms with Gasteiger partial charge in [-0.1, -0.05) is 80.2 Å². The van der Waals surface area contributed by atoms with Crippen LogP contribution in [0, 0.1) is 34.6 Å². The molecule has 2 saturated heterocycles. The van der Waals surface area contributed by atoms with Crippen molar-refractivity contribution in [3.8, 4) is 11.4 Å². The zero-order valence-electron chi connectivity index (χ0n) is 52.9. The Labute approximate surface area is 552 Å². The smallest absolute Gasteiger partial charge is 0.379 e. The van der Waals surface area contributed by atoms with Crippen molar-refractivity contribution in [2.75, 3.05) is 63.7 Å². The number of aryl methyl sites for hydroxylation is 5. The molecule has 0 atom stereocenters. The molecule has 0 aliphatic carbocycles. The number of morpholine rings is 1. The van der Waals surface area contributed by atoms with Gasteiger partial charge in [-0.25, -0.2) is 34.9 Å². The number of primary amides is 3. The second kappa shape index (κ2) is 29.3. The molecule has 96 heavy (non-hydrogen) atoms. The van der Waals surface area contributed by atoms with E-state index in [1.165, 1.54) is 85.2 Å². The third-order valence-corrected chi connectivity index (χ3v) is 19.2. The Balaban J connectivity index is 0.000000170. The quantitative estimate of drug-likeness (QED) is 0.0477. The lowest BCUT2D eigenvalue weighted by Gasteiger charge is -2.29. The van der Waals surface area contributed by atoms with E-state index in [1.807, 2.05) is 52.0 Å². The molecule has 0 spiro atoms. The topological polar surface area (TPSA) is 346 Å². The molecule has 0 radical (unpaired) electrons. The number of alkyl halides is 3. The summed E-state index contributed by atoms with van der Waals surface area (Å²) in [6, 6.07) is 33.9. The SMILES string of the molecule is Cc1cc(C)cc(-c2ncn(/C=C(/C(N)=O)c3cccc(NS(C)(=O)=O)c3)n2)c1.Cc1cc(C)cc(C2=NC[N+](/C=C(/C(N)=O)c3ccc(S(=O)(=O)N4CCC4)cc3)=N2)c1.Cc1cc(C2=NC[N+](/C=C(/C(N)=O)c3ccc(S(=O)(=O)N4CCOCC4)cc3)=N2)cc(C(F)(F)F)c1. The number of halogens is 3. The summed E-state index contributed by atoms with van der Waals surface area (Å²) in [5, 5.41) is 13.1. The zero-order chi connectivity index (χ0) is 69.4. The average molecular weight is 1370 g/mol. The summed E-state index contributed by atoms with van der Waals surface area (Å²) in [7, 11) is -10.6. The van der Waals surface area contributed by atoms with Crippen LogP contribution >= 0.6 is 0 Å². The zero-order valence-corrected chi connectivity index (χ0v) is 55.3. The highest BCUT2D eigenvalue weighted by Gasteiger charge is 2.34. The number of aliphatic imine (C=N–C) groups is 2. The van der Waals surface area contributed by atoms with E-state index in [9.17, 15) is 52.8 Å².